The number of Topliss-reactive ketones (excluding diaryl/α,β-unsaturated/α-hetero) is 1. The van der Waals surface area contributed by atoms with Gasteiger partial charge in [-0.15, -0.1) is 11.3 Å². The maximum atomic E-state index is 14.8. The molecule has 0 spiro atoms. The normalized spacial score (nSPS) is 19.6. The van der Waals surface area contributed by atoms with Crippen LogP contribution in [-0.2, 0) is 9.59 Å². The molecule has 9 heteroatoms. The van der Waals surface area contributed by atoms with Crippen molar-refractivity contribution in [3.8, 4) is 11.5 Å². The van der Waals surface area contributed by atoms with Crippen LogP contribution in [0.2, 0.25) is 0 Å². The Morgan fingerprint density at radius 2 is 1.90 bits per heavy atom. The number of rotatable bonds is 3. The van der Waals surface area contributed by atoms with Crippen LogP contribution in [0.4, 0.5) is 9.52 Å². The zero-order valence-corrected chi connectivity index (χ0v) is 16.8. The van der Waals surface area contributed by atoms with Crippen molar-refractivity contribution in [3.05, 3.63) is 76.6 Å². The van der Waals surface area contributed by atoms with Gasteiger partial charge in [-0.3, -0.25) is 14.5 Å². The van der Waals surface area contributed by atoms with Crippen molar-refractivity contribution in [3.63, 3.8) is 0 Å². The molecular formula is C22H15FN2O5S. The maximum Gasteiger partial charge on any atom is 0.301 e. The number of nitrogens with zero attached hydrogens (tertiary/aromatic N) is 2. The smallest absolute Gasteiger partial charge is 0.301 e. The molecule has 1 aromatic heterocycles. The van der Waals surface area contributed by atoms with Crippen LogP contribution >= 0.6 is 11.3 Å². The summed E-state index contributed by atoms with van der Waals surface area (Å²) in [4.78, 5) is 31.1. The molecule has 1 saturated heterocycles. The van der Waals surface area contributed by atoms with Crippen LogP contribution in [0.3, 0.4) is 0 Å². The van der Waals surface area contributed by atoms with Crippen molar-refractivity contribution in [2.45, 2.75) is 6.04 Å². The van der Waals surface area contributed by atoms with Gasteiger partial charge in [0.2, 0.25) is 0 Å². The Hall–Kier alpha value is -3.72. The standard InChI is InChI=1S/C22H15FN2O5S/c23-14-4-2-1-3-13(14)18-17(20(27)21(28)25(18)22-24-7-10-31-22)19(26)12-5-6-15-16(11-12)30-9-8-29-15/h1-7,10-11,18,26H,8-9H2. The molecule has 31 heavy (non-hydrogen) atoms. The van der Waals surface area contributed by atoms with Gasteiger partial charge in [0, 0.05) is 22.7 Å². The van der Waals surface area contributed by atoms with E-state index in [4.69, 9.17) is 9.47 Å². The number of aromatic nitrogens is 1. The monoisotopic (exact) mass is 438 g/mol. The average molecular weight is 438 g/mol. The molecule has 0 aliphatic carbocycles. The summed E-state index contributed by atoms with van der Waals surface area (Å²) < 4.78 is 25.8. The highest BCUT2D eigenvalue weighted by Crippen LogP contribution is 2.44. The summed E-state index contributed by atoms with van der Waals surface area (Å²) in [5.41, 5.74) is 0.112. The molecule has 2 aliphatic heterocycles. The van der Waals surface area contributed by atoms with E-state index in [9.17, 15) is 19.1 Å². The van der Waals surface area contributed by atoms with E-state index in [1.165, 1.54) is 30.5 Å². The number of aliphatic hydroxyl groups excluding tert-OH is 1. The number of ketones is 1. The minimum Gasteiger partial charge on any atom is -0.507 e. The highest BCUT2D eigenvalue weighted by molar-refractivity contribution is 7.14. The topological polar surface area (TPSA) is 89.0 Å². The Morgan fingerprint density at radius 3 is 2.65 bits per heavy atom. The summed E-state index contributed by atoms with van der Waals surface area (Å²) >= 11 is 1.14. The molecule has 1 fully saturated rings. The first kappa shape index (κ1) is 19.3. The molecule has 5 rings (SSSR count). The number of thiazole rings is 1. The van der Waals surface area contributed by atoms with Crippen molar-refractivity contribution in [1.29, 1.82) is 0 Å². The molecule has 1 N–H and O–H groups in total. The number of aliphatic hydroxyl groups is 1. The summed E-state index contributed by atoms with van der Waals surface area (Å²) in [7, 11) is 0. The molecule has 2 aliphatic rings. The Labute approximate surface area is 180 Å². The highest BCUT2D eigenvalue weighted by atomic mass is 32.1. The number of amides is 1. The van der Waals surface area contributed by atoms with Crippen LogP contribution in [0.1, 0.15) is 17.2 Å². The van der Waals surface area contributed by atoms with E-state index >= 15 is 0 Å². The van der Waals surface area contributed by atoms with Gasteiger partial charge in [-0.05, 0) is 24.3 Å². The molecule has 1 atom stereocenters. The number of ether oxygens (including phenoxy) is 2. The van der Waals surface area contributed by atoms with E-state index in [2.05, 4.69) is 4.98 Å². The minimum absolute atomic E-state index is 0.0796. The van der Waals surface area contributed by atoms with Crippen LogP contribution in [0.15, 0.2) is 59.6 Å². The number of hydrogen-bond acceptors (Lipinski definition) is 7. The van der Waals surface area contributed by atoms with Gasteiger partial charge in [-0.1, -0.05) is 18.2 Å². The molecule has 0 bridgehead atoms. The first-order chi connectivity index (χ1) is 15.1. The number of carbonyl (C=O) groups excluding carboxylic acids is 2. The van der Waals surface area contributed by atoms with Crippen molar-refractivity contribution in [2.24, 2.45) is 0 Å². The second-order valence-electron chi connectivity index (χ2n) is 6.86. The van der Waals surface area contributed by atoms with E-state index in [1.54, 1.807) is 23.6 Å². The quantitative estimate of drug-likeness (QED) is 0.381. The number of fused-ring (bicyclic) bond motifs is 1. The van der Waals surface area contributed by atoms with Gasteiger partial charge >= 0.3 is 5.91 Å². The second kappa shape index (κ2) is 7.51. The van der Waals surface area contributed by atoms with E-state index in [0.29, 0.717) is 24.7 Å². The fraction of sp³-hybridized carbons (Fsp3) is 0.136. The van der Waals surface area contributed by atoms with Gasteiger partial charge in [0.1, 0.15) is 30.8 Å². The van der Waals surface area contributed by atoms with Gasteiger partial charge in [0.25, 0.3) is 5.78 Å². The maximum absolute atomic E-state index is 14.8. The van der Waals surface area contributed by atoms with E-state index in [-0.39, 0.29) is 21.8 Å². The predicted molar refractivity (Wildman–Crippen MR) is 111 cm³/mol. The number of anilines is 1. The lowest BCUT2D eigenvalue weighted by Gasteiger charge is -2.23. The summed E-state index contributed by atoms with van der Waals surface area (Å²) in [5.74, 6) is -1.92. The van der Waals surface area contributed by atoms with Gasteiger partial charge in [-0.25, -0.2) is 9.37 Å². The van der Waals surface area contributed by atoms with Gasteiger partial charge in [-0.2, -0.15) is 0 Å². The van der Waals surface area contributed by atoms with Gasteiger partial charge < -0.3 is 14.6 Å². The van der Waals surface area contributed by atoms with Crippen molar-refractivity contribution >= 4 is 33.9 Å². The Kier molecular flexibility index (Phi) is 4.67. The van der Waals surface area contributed by atoms with Gasteiger partial charge in [0.05, 0.1) is 5.57 Å². The third-order valence-electron chi connectivity index (χ3n) is 5.09. The molecule has 0 saturated carbocycles. The van der Waals surface area contributed by atoms with Crippen LogP contribution in [0.25, 0.3) is 5.76 Å². The molecule has 7 nitrogen and oxygen atoms in total. The van der Waals surface area contributed by atoms with Crippen LogP contribution < -0.4 is 14.4 Å². The van der Waals surface area contributed by atoms with Crippen molar-refractivity contribution in [1.82, 2.24) is 4.98 Å². The molecule has 0 radical (unpaired) electrons. The lowest BCUT2D eigenvalue weighted by Crippen LogP contribution is -2.29. The van der Waals surface area contributed by atoms with E-state index < -0.39 is 29.3 Å². The Morgan fingerprint density at radius 1 is 1.13 bits per heavy atom. The third-order valence-corrected chi connectivity index (χ3v) is 5.86. The number of hydrogen-bond donors (Lipinski definition) is 1. The lowest BCUT2D eigenvalue weighted by atomic mass is 9.95. The average Bonchev–Trinajstić information content (AvgIpc) is 3.40. The molecule has 2 aromatic carbocycles. The Balaban J connectivity index is 1.71. The number of benzene rings is 2. The molecule has 156 valence electrons. The molecule has 3 heterocycles. The molecule has 1 unspecified atom stereocenters. The molecular weight excluding hydrogens is 423 g/mol. The number of halogens is 1. The fourth-order valence-electron chi connectivity index (χ4n) is 3.70. The lowest BCUT2D eigenvalue weighted by molar-refractivity contribution is -0.132. The van der Waals surface area contributed by atoms with Crippen molar-refractivity contribution in [2.75, 3.05) is 18.1 Å². The summed E-state index contributed by atoms with van der Waals surface area (Å²) in [6.45, 7) is 0.755. The zero-order valence-electron chi connectivity index (χ0n) is 15.9. The predicted octanol–water partition coefficient (Wildman–Crippen LogP) is 3.68. The van der Waals surface area contributed by atoms with Crippen LogP contribution in [0, 0.1) is 5.82 Å². The highest BCUT2D eigenvalue weighted by Gasteiger charge is 2.48. The van der Waals surface area contributed by atoms with Crippen molar-refractivity contribution < 1.29 is 28.6 Å². The van der Waals surface area contributed by atoms with Gasteiger partial charge in [0.15, 0.2) is 16.6 Å². The second-order valence-corrected chi connectivity index (χ2v) is 7.74. The molecule has 3 aromatic rings. The van der Waals surface area contributed by atoms with Crippen LogP contribution in [-0.4, -0.2) is 35.0 Å². The summed E-state index contributed by atoms with van der Waals surface area (Å²) in [6, 6.07) is 9.35. The fourth-order valence-corrected chi connectivity index (χ4v) is 4.37. The van der Waals surface area contributed by atoms with E-state index in [1.807, 2.05) is 0 Å². The zero-order chi connectivity index (χ0) is 21.5. The molecule has 1 amide bonds. The SMILES string of the molecule is O=C1C(=O)N(c2nccs2)C(c2ccccc2F)C1=C(O)c1ccc2c(c1)OCCO2. The summed E-state index contributed by atoms with van der Waals surface area (Å²) in [6.07, 6.45) is 1.48. The number of carbonyl (C=O) groups is 2. The Bertz CT molecular complexity index is 1220. The first-order valence-corrected chi connectivity index (χ1v) is 10.3. The third kappa shape index (κ3) is 3.14. The first-order valence-electron chi connectivity index (χ1n) is 9.41. The largest absolute Gasteiger partial charge is 0.507 e. The van der Waals surface area contributed by atoms with E-state index in [0.717, 1.165) is 16.2 Å². The summed E-state index contributed by atoms with van der Waals surface area (Å²) in [5, 5.41) is 13.0. The van der Waals surface area contributed by atoms with Crippen LogP contribution in [0.5, 0.6) is 11.5 Å². The minimum atomic E-state index is -1.17.